The van der Waals surface area contributed by atoms with E-state index in [2.05, 4.69) is 53.5 Å². The van der Waals surface area contributed by atoms with E-state index in [9.17, 15) is 0 Å². The number of rotatable bonds is 2. The summed E-state index contributed by atoms with van der Waals surface area (Å²) < 4.78 is 0. The van der Waals surface area contributed by atoms with Crippen molar-refractivity contribution in [3.05, 3.63) is 82.0 Å². The highest BCUT2D eigenvalue weighted by Gasteiger charge is 2.32. The first kappa shape index (κ1) is 17.2. The molecule has 2 aromatic carbocycles. The maximum atomic E-state index is 6.51. The number of aryl methyl sites for hydroxylation is 2. The smallest absolute Gasteiger partial charge is 0.222 e. The topological polar surface area (TPSA) is 77.8 Å². The van der Waals surface area contributed by atoms with Crippen LogP contribution in [0.5, 0.6) is 0 Å². The third-order valence-electron chi connectivity index (χ3n) is 6.44. The van der Waals surface area contributed by atoms with E-state index in [1.165, 1.54) is 22.3 Å². The molecule has 5 rings (SSSR count). The number of benzene rings is 2. The van der Waals surface area contributed by atoms with Gasteiger partial charge in [0.05, 0.1) is 5.69 Å². The molecule has 2 aliphatic carbocycles. The van der Waals surface area contributed by atoms with Crippen LogP contribution in [0.25, 0.3) is 0 Å². The van der Waals surface area contributed by atoms with Crippen molar-refractivity contribution >= 4 is 11.8 Å². The quantitative estimate of drug-likeness (QED) is 0.692. The highest BCUT2D eigenvalue weighted by atomic mass is 15.0. The number of hydrogen-bond donors (Lipinski definition) is 2. The van der Waals surface area contributed by atoms with Gasteiger partial charge in [0.1, 0.15) is 5.82 Å². The summed E-state index contributed by atoms with van der Waals surface area (Å²) in [5.41, 5.74) is 20.3. The van der Waals surface area contributed by atoms with Gasteiger partial charge in [-0.2, -0.15) is 4.98 Å². The van der Waals surface area contributed by atoms with Gasteiger partial charge >= 0.3 is 0 Å². The number of aromatic nitrogens is 2. The van der Waals surface area contributed by atoms with E-state index in [1.807, 2.05) is 0 Å². The summed E-state index contributed by atoms with van der Waals surface area (Å²) in [6.45, 7) is 0. The van der Waals surface area contributed by atoms with Crippen LogP contribution in [0.4, 0.5) is 11.8 Å². The summed E-state index contributed by atoms with van der Waals surface area (Å²) in [5, 5.41) is 0. The molecule has 0 radical (unpaired) electrons. The lowest BCUT2D eigenvalue weighted by molar-refractivity contribution is 0.573. The van der Waals surface area contributed by atoms with Crippen LogP contribution in [0.1, 0.15) is 71.0 Å². The first-order valence-electron chi connectivity index (χ1n) is 10.3. The minimum atomic E-state index is 0.238. The fraction of sp³-hybridized carbons (Fsp3) is 0.333. The van der Waals surface area contributed by atoms with E-state index < -0.39 is 0 Å². The summed E-state index contributed by atoms with van der Waals surface area (Å²) in [6.07, 6.45) is 6.73. The molecular weight excluding hydrogens is 344 g/mol. The summed E-state index contributed by atoms with van der Waals surface area (Å²) >= 11 is 0. The van der Waals surface area contributed by atoms with Crippen LogP contribution in [0, 0.1) is 0 Å². The van der Waals surface area contributed by atoms with Gasteiger partial charge in [0.15, 0.2) is 0 Å². The fourth-order valence-corrected chi connectivity index (χ4v) is 5.24. The van der Waals surface area contributed by atoms with E-state index >= 15 is 0 Å². The third-order valence-corrected chi connectivity index (χ3v) is 6.44. The van der Waals surface area contributed by atoms with E-state index in [0.29, 0.717) is 5.82 Å². The van der Waals surface area contributed by atoms with Gasteiger partial charge in [-0.3, -0.25) is 0 Å². The molecule has 4 N–H and O–H groups in total. The number of fused-ring (bicyclic) bond motifs is 2. The molecule has 0 aliphatic heterocycles. The van der Waals surface area contributed by atoms with E-state index in [1.54, 1.807) is 0 Å². The Labute approximate surface area is 166 Å². The lowest BCUT2D eigenvalue weighted by Gasteiger charge is -2.32. The first-order chi connectivity index (χ1) is 13.7. The van der Waals surface area contributed by atoms with Gasteiger partial charge in [0, 0.05) is 17.4 Å². The molecule has 0 fully saturated rings. The van der Waals surface area contributed by atoms with Crippen LogP contribution in [-0.4, -0.2) is 9.97 Å². The Kier molecular flexibility index (Phi) is 4.27. The van der Waals surface area contributed by atoms with Crippen LogP contribution >= 0.6 is 0 Å². The van der Waals surface area contributed by atoms with Gasteiger partial charge in [-0.05, 0) is 60.8 Å². The van der Waals surface area contributed by atoms with Crippen molar-refractivity contribution in [1.82, 2.24) is 9.97 Å². The Balaban J connectivity index is 1.70. The van der Waals surface area contributed by atoms with Gasteiger partial charge < -0.3 is 11.5 Å². The number of nitrogen functional groups attached to an aromatic ring is 2. The number of anilines is 2. The highest BCUT2D eigenvalue weighted by Crippen LogP contribution is 2.45. The molecule has 4 nitrogen and oxygen atoms in total. The maximum Gasteiger partial charge on any atom is 0.222 e. The highest BCUT2D eigenvalue weighted by molar-refractivity contribution is 5.56. The van der Waals surface area contributed by atoms with Crippen molar-refractivity contribution in [1.29, 1.82) is 0 Å². The molecule has 0 spiro atoms. The Morgan fingerprint density at radius 2 is 1.29 bits per heavy atom. The van der Waals surface area contributed by atoms with Crippen molar-refractivity contribution in [2.24, 2.45) is 0 Å². The Morgan fingerprint density at radius 1 is 0.714 bits per heavy atom. The average Bonchev–Trinajstić information content (AvgIpc) is 2.72. The van der Waals surface area contributed by atoms with E-state index in [-0.39, 0.29) is 17.8 Å². The first-order valence-corrected chi connectivity index (χ1v) is 10.3. The second kappa shape index (κ2) is 6.93. The second-order valence-corrected chi connectivity index (χ2v) is 8.05. The molecular formula is C24H26N4. The lowest BCUT2D eigenvalue weighted by Crippen LogP contribution is -2.21. The molecule has 2 atom stereocenters. The number of nitrogens with zero attached hydrogens (tertiary/aromatic N) is 2. The van der Waals surface area contributed by atoms with Crippen molar-refractivity contribution in [2.75, 3.05) is 11.5 Å². The van der Waals surface area contributed by atoms with Crippen LogP contribution in [0.2, 0.25) is 0 Å². The van der Waals surface area contributed by atoms with Crippen LogP contribution in [0.15, 0.2) is 48.5 Å². The molecule has 0 saturated carbocycles. The van der Waals surface area contributed by atoms with E-state index in [0.717, 1.165) is 49.8 Å². The largest absolute Gasteiger partial charge is 0.383 e. The Hall–Kier alpha value is -2.88. The standard InChI is InChI=1S/C24H26N4/c25-23-21(19-13-5-9-15-7-1-3-11-17(15)19)22(27-24(26)28-23)20-14-6-10-16-8-2-4-12-18(16)20/h1-4,7-8,11-12,19-20H,5-6,9-10,13-14H2,(H4,25,26,27,28)/t19-,20-/m1/s1. The molecule has 28 heavy (non-hydrogen) atoms. The summed E-state index contributed by atoms with van der Waals surface area (Å²) in [5.74, 6) is 1.31. The molecule has 2 aliphatic rings. The second-order valence-electron chi connectivity index (χ2n) is 8.05. The Morgan fingerprint density at radius 3 is 1.96 bits per heavy atom. The SMILES string of the molecule is Nc1nc(N)c([C@@H]2CCCc3ccccc32)c([C@@H]2CCCc3ccccc32)n1. The molecule has 0 bridgehead atoms. The number of nitrogens with two attached hydrogens (primary N) is 2. The zero-order valence-corrected chi connectivity index (χ0v) is 16.1. The predicted octanol–water partition coefficient (Wildman–Crippen LogP) is 4.58. The zero-order chi connectivity index (χ0) is 19.1. The molecule has 142 valence electrons. The van der Waals surface area contributed by atoms with Gasteiger partial charge in [0.25, 0.3) is 0 Å². The fourth-order valence-electron chi connectivity index (χ4n) is 5.24. The van der Waals surface area contributed by atoms with Crippen molar-refractivity contribution in [3.63, 3.8) is 0 Å². The number of hydrogen-bond acceptors (Lipinski definition) is 4. The minimum Gasteiger partial charge on any atom is -0.383 e. The summed E-state index contributed by atoms with van der Waals surface area (Å²) in [4.78, 5) is 9.17. The van der Waals surface area contributed by atoms with Gasteiger partial charge in [-0.1, -0.05) is 48.5 Å². The molecule has 0 saturated heterocycles. The maximum absolute atomic E-state index is 6.51. The Bertz CT molecular complexity index is 1030. The van der Waals surface area contributed by atoms with Crippen molar-refractivity contribution < 1.29 is 0 Å². The molecule has 3 aromatic rings. The van der Waals surface area contributed by atoms with E-state index in [4.69, 9.17) is 16.5 Å². The predicted molar refractivity (Wildman–Crippen MR) is 113 cm³/mol. The molecule has 0 amide bonds. The van der Waals surface area contributed by atoms with Gasteiger partial charge in [0.2, 0.25) is 5.95 Å². The molecule has 4 heteroatoms. The van der Waals surface area contributed by atoms with Crippen LogP contribution < -0.4 is 11.5 Å². The normalized spacial score (nSPS) is 21.0. The van der Waals surface area contributed by atoms with Gasteiger partial charge in [-0.25, -0.2) is 4.98 Å². The average molecular weight is 371 g/mol. The minimum absolute atomic E-state index is 0.238. The molecule has 0 unspecified atom stereocenters. The molecule has 1 heterocycles. The van der Waals surface area contributed by atoms with Crippen molar-refractivity contribution in [3.8, 4) is 0 Å². The molecule has 1 aromatic heterocycles. The van der Waals surface area contributed by atoms with Gasteiger partial charge in [-0.15, -0.1) is 0 Å². The monoisotopic (exact) mass is 370 g/mol. The van der Waals surface area contributed by atoms with Crippen molar-refractivity contribution in [2.45, 2.75) is 50.4 Å². The zero-order valence-electron chi connectivity index (χ0n) is 16.1. The summed E-state index contributed by atoms with van der Waals surface area (Å²) in [7, 11) is 0. The van der Waals surface area contributed by atoms with Crippen LogP contribution in [0.3, 0.4) is 0 Å². The summed E-state index contributed by atoms with van der Waals surface area (Å²) in [6, 6.07) is 17.5. The third kappa shape index (κ3) is 2.84. The van der Waals surface area contributed by atoms with Crippen LogP contribution in [-0.2, 0) is 12.8 Å². The lowest BCUT2D eigenvalue weighted by atomic mass is 9.74.